The van der Waals surface area contributed by atoms with Gasteiger partial charge in [0.05, 0.1) is 22.0 Å². The number of rotatable bonds is 4. The van der Waals surface area contributed by atoms with Gasteiger partial charge in [0.25, 0.3) is 0 Å². The zero-order valence-corrected chi connectivity index (χ0v) is 12.6. The molecular formula is C15H12Cl2N2O2. The molecule has 0 atom stereocenters. The van der Waals surface area contributed by atoms with Crippen molar-refractivity contribution in [2.24, 2.45) is 5.10 Å². The summed E-state index contributed by atoms with van der Waals surface area (Å²) in [4.78, 5) is 11.0. The number of hydrogen-bond acceptors (Lipinski definition) is 3. The van der Waals surface area contributed by atoms with Gasteiger partial charge in [-0.25, -0.2) is 4.79 Å². The van der Waals surface area contributed by atoms with Crippen LogP contribution in [0.2, 0.25) is 10.0 Å². The molecule has 0 radical (unpaired) electrons. The highest BCUT2D eigenvalue weighted by molar-refractivity contribution is 6.33. The molecule has 0 aliphatic heterocycles. The molecule has 2 aromatic rings. The van der Waals surface area contributed by atoms with Gasteiger partial charge in [0.2, 0.25) is 0 Å². The number of aromatic carboxylic acids is 1. The minimum atomic E-state index is -1.08. The second kappa shape index (κ2) is 6.61. The summed E-state index contributed by atoms with van der Waals surface area (Å²) in [7, 11) is 0. The van der Waals surface area contributed by atoms with Crippen LogP contribution in [0.25, 0.3) is 0 Å². The average Bonchev–Trinajstić information content (AvgIpc) is 2.45. The summed E-state index contributed by atoms with van der Waals surface area (Å²) in [6.07, 6.45) is 0. The van der Waals surface area contributed by atoms with Crippen molar-refractivity contribution >= 4 is 40.6 Å². The molecule has 0 bridgehead atoms. The SMILES string of the molecule is CC(=NNc1ccc(Cl)c(C(=O)O)c1)c1cccc(Cl)c1. The van der Waals surface area contributed by atoms with E-state index in [1.807, 2.05) is 19.1 Å². The van der Waals surface area contributed by atoms with Crippen LogP contribution in [0.1, 0.15) is 22.8 Å². The molecule has 2 N–H and O–H groups in total. The number of carboxylic acid groups (broad SMARTS) is 1. The van der Waals surface area contributed by atoms with Crippen LogP contribution < -0.4 is 5.43 Å². The van der Waals surface area contributed by atoms with E-state index in [0.29, 0.717) is 10.7 Å². The van der Waals surface area contributed by atoms with Crippen molar-refractivity contribution in [3.63, 3.8) is 0 Å². The van der Waals surface area contributed by atoms with Crippen LogP contribution in [-0.2, 0) is 0 Å². The molecule has 0 saturated carbocycles. The lowest BCUT2D eigenvalue weighted by Gasteiger charge is -2.06. The van der Waals surface area contributed by atoms with Gasteiger partial charge in [-0.1, -0.05) is 35.3 Å². The van der Waals surface area contributed by atoms with Gasteiger partial charge in [-0.15, -0.1) is 0 Å². The van der Waals surface area contributed by atoms with Gasteiger partial charge in [-0.05, 0) is 42.8 Å². The number of nitrogens with one attached hydrogen (secondary N) is 1. The fourth-order valence-electron chi connectivity index (χ4n) is 1.69. The van der Waals surface area contributed by atoms with Crippen molar-refractivity contribution in [2.75, 3.05) is 5.43 Å². The number of hydrazone groups is 1. The quantitative estimate of drug-likeness (QED) is 0.642. The summed E-state index contributed by atoms with van der Waals surface area (Å²) in [5, 5.41) is 14.0. The summed E-state index contributed by atoms with van der Waals surface area (Å²) in [6, 6.07) is 11.9. The first-order chi connectivity index (χ1) is 9.97. The van der Waals surface area contributed by atoms with Crippen LogP contribution in [0.4, 0.5) is 5.69 Å². The van der Waals surface area contributed by atoms with Gasteiger partial charge in [0, 0.05) is 5.02 Å². The standard InChI is InChI=1S/C15H12Cl2N2O2/c1-9(10-3-2-4-11(16)7-10)18-19-12-5-6-14(17)13(8-12)15(20)21/h2-8,19H,1H3,(H,20,21). The monoisotopic (exact) mass is 322 g/mol. The summed E-state index contributed by atoms with van der Waals surface area (Å²) < 4.78 is 0. The molecule has 0 spiro atoms. The Morgan fingerprint density at radius 1 is 1.19 bits per heavy atom. The highest BCUT2D eigenvalue weighted by Gasteiger charge is 2.09. The summed E-state index contributed by atoms with van der Waals surface area (Å²) in [5.74, 6) is -1.08. The van der Waals surface area contributed by atoms with Crippen molar-refractivity contribution in [2.45, 2.75) is 6.92 Å². The number of carboxylic acids is 1. The number of halogens is 2. The molecule has 0 unspecified atom stereocenters. The van der Waals surface area contributed by atoms with E-state index >= 15 is 0 Å². The van der Waals surface area contributed by atoms with E-state index in [1.165, 1.54) is 12.1 Å². The molecule has 0 aliphatic carbocycles. The van der Waals surface area contributed by atoms with Crippen LogP contribution in [0.5, 0.6) is 0 Å². The Hall–Kier alpha value is -2.04. The predicted molar refractivity (Wildman–Crippen MR) is 85.7 cm³/mol. The summed E-state index contributed by atoms with van der Waals surface area (Å²) in [6.45, 7) is 1.83. The first-order valence-corrected chi connectivity index (χ1v) is 6.82. The Morgan fingerprint density at radius 3 is 2.62 bits per heavy atom. The Balaban J connectivity index is 2.21. The van der Waals surface area contributed by atoms with Crippen molar-refractivity contribution in [1.82, 2.24) is 0 Å². The Labute approximate surface area is 132 Å². The molecule has 0 fully saturated rings. The molecule has 108 valence electrons. The van der Waals surface area contributed by atoms with Gasteiger partial charge < -0.3 is 5.11 Å². The van der Waals surface area contributed by atoms with Crippen LogP contribution >= 0.6 is 23.2 Å². The Morgan fingerprint density at radius 2 is 1.95 bits per heavy atom. The molecule has 2 aromatic carbocycles. The van der Waals surface area contributed by atoms with E-state index in [-0.39, 0.29) is 10.6 Å². The first kappa shape index (κ1) is 15.4. The largest absolute Gasteiger partial charge is 0.478 e. The third-order valence-electron chi connectivity index (χ3n) is 2.79. The van der Waals surface area contributed by atoms with Crippen LogP contribution in [0.3, 0.4) is 0 Å². The number of benzene rings is 2. The summed E-state index contributed by atoms with van der Waals surface area (Å²) >= 11 is 11.7. The molecule has 0 amide bonds. The molecule has 0 aromatic heterocycles. The average molecular weight is 323 g/mol. The van der Waals surface area contributed by atoms with Gasteiger partial charge in [0.1, 0.15) is 0 Å². The predicted octanol–water partition coefficient (Wildman–Crippen LogP) is 4.53. The molecule has 0 saturated heterocycles. The van der Waals surface area contributed by atoms with Gasteiger partial charge in [-0.2, -0.15) is 5.10 Å². The molecule has 6 heteroatoms. The van der Waals surface area contributed by atoms with Gasteiger partial charge in [-0.3, -0.25) is 5.43 Å². The lowest BCUT2D eigenvalue weighted by Crippen LogP contribution is -2.02. The maximum Gasteiger partial charge on any atom is 0.337 e. The maximum absolute atomic E-state index is 11.0. The Kier molecular flexibility index (Phi) is 4.83. The van der Waals surface area contributed by atoms with E-state index in [0.717, 1.165) is 11.3 Å². The molecule has 0 heterocycles. The number of anilines is 1. The van der Waals surface area contributed by atoms with Crippen molar-refractivity contribution in [3.05, 3.63) is 63.6 Å². The number of nitrogens with zero attached hydrogens (tertiary/aromatic N) is 1. The van der Waals surface area contributed by atoms with E-state index in [9.17, 15) is 4.79 Å². The lowest BCUT2D eigenvalue weighted by atomic mass is 10.1. The second-order valence-corrected chi connectivity index (χ2v) is 5.16. The molecule has 21 heavy (non-hydrogen) atoms. The molecule has 4 nitrogen and oxygen atoms in total. The molecule has 2 rings (SSSR count). The minimum absolute atomic E-state index is 0.0253. The fourth-order valence-corrected chi connectivity index (χ4v) is 2.07. The molecule has 0 aliphatic rings. The summed E-state index contributed by atoms with van der Waals surface area (Å²) in [5.41, 5.74) is 4.98. The van der Waals surface area contributed by atoms with E-state index in [1.54, 1.807) is 18.2 Å². The highest BCUT2D eigenvalue weighted by atomic mass is 35.5. The molecular weight excluding hydrogens is 311 g/mol. The topological polar surface area (TPSA) is 61.7 Å². The minimum Gasteiger partial charge on any atom is -0.478 e. The maximum atomic E-state index is 11.0. The van der Waals surface area contributed by atoms with Crippen LogP contribution in [0.15, 0.2) is 47.6 Å². The van der Waals surface area contributed by atoms with Crippen molar-refractivity contribution in [1.29, 1.82) is 0 Å². The van der Waals surface area contributed by atoms with Crippen molar-refractivity contribution in [3.8, 4) is 0 Å². The second-order valence-electron chi connectivity index (χ2n) is 4.32. The van der Waals surface area contributed by atoms with Gasteiger partial charge >= 0.3 is 5.97 Å². The third-order valence-corrected chi connectivity index (χ3v) is 3.36. The Bertz CT molecular complexity index is 715. The zero-order chi connectivity index (χ0) is 15.4. The lowest BCUT2D eigenvalue weighted by molar-refractivity contribution is 0.0697. The van der Waals surface area contributed by atoms with Gasteiger partial charge in [0.15, 0.2) is 0 Å². The first-order valence-electron chi connectivity index (χ1n) is 6.06. The number of carbonyl (C=O) groups is 1. The highest BCUT2D eigenvalue weighted by Crippen LogP contribution is 2.21. The number of hydrogen-bond donors (Lipinski definition) is 2. The smallest absolute Gasteiger partial charge is 0.337 e. The third kappa shape index (κ3) is 3.97. The van der Waals surface area contributed by atoms with Crippen LogP contribution in [-0.4, -0.2) is 16.8 Å². The van der Waals surface area contributed by atoms with E-state index < -0.39 is 5.97 Å². The normalized spacial score (nSPS) is 11.3. The van der Waals surface area contributed by atoms with Crippen molar-refractivity contribution < 1.29 is 9.90 Å². The fraction of sp³-hybridized carbons (Fsp3) is 0.0667. The zero-order valence-electron chi connectivity index (χ0n) is 11.1. The van der Waals surface area contributed by atoms with Crippen LogP contribution in [0, 0.1) is 0 Å². The van der Waals surface area contributed by atoms with E-state index in [2.05, 4.69) is 10.5 Å². The van der Waals surface area contributed by atoms with E-state index in [4.69, 9.17) is 28.3 Å².